The van der Waals surface area contributed by atoms with Gasteiger partial charge >= 0.3 is 0 Å². The van der Waals surface area contributed by atoms with Gasteiger partial charge in [-0.3, -0.25) is 14.4 Å². The van der Waals surface area contributed by atoms with Crippen molar-refractivity contribution in [1.82, 2.24) is 5.32 Å². The molecule has 4 rings (SSSR count). The molecule has 2 aliphatic heterocycles. The van der Waals surface area contributed by atoms with Gasteiger partial charge in [-0.15, -0.1) is 0 Å². The Morgan fingerprint density at radius 2 is 1.82 bits per heavy atom. The van der Waals surface area contributed by atoms with Gasteiger partial charge in [0, 0.05) is 38.0 Å². The number of benzene rings is 2. The number of nitrogens with zero attached hydrogens (tertiary/aromatic N) is 1. The zero-order valence-corrected chi connectivity index (χ0v) is 18.8. The quantitative estimate of drug-likeness (QED) is 0.675. The summed E-state index contributed by atoms with van der Waals surface area (Å²) in [6.07, 6.45) is 1.71. The van der Waals surface area contributed by atoms with E-state index in [1.807, 2.05) is 30.3 Å². The number of para-hydroxylation sites is 2. The fourth-order valence-corrected chi connectivity index (χ4v) is 4.44. The molecule has 2 heterocycles. The van der Waals surface area contributed by atoms with Crippen LogP contribution in [-0.2, 0) is 24.5 Å². The van der Waals surface area contributed by atoms with Crippen molar-refractivity contribution in [3.8, 4) is 5.75 Å². The summed E-state index contributed by atoms with van der Waals surface area (Å²) in [6.45, 7) is 1.70. The smallest absolute Gasteiger partial charge is 0.244 e. The van der Waals surface area contributed by atoms with E-state index in [9.17, 15) is 14.4 Å². The van der Waals surface area contributed by atoms with Gasteiger partial charge in [-0.1, -0.05) is 24.3 Å². The van der Waals surface area contributed by atoms with Crippen LogP contribution in [0.1, 0.15) is 31.2 Å². The van der Waals surface area contributed by atoms with Gasteiger partial charge in [0.1, 0.15) is 12.3 Å². The predicted molar refractivity (Wildman–Crippen MR) is 124 cm³/mol. The van der Waals surface area contributed by atoms with E-state index < -0.39 is 0 Å². The third-order valence-corrected chi connectivity index (χ3v) is 6.41. The van der Waals surface area contributed by atoms with Gasteiger partial charge in [0.15, 0.2) is 0 Å². The summed E-state index contributed by atoms with van der Waals surface area (Å²) in [4.78, 5) is 38.9. The van der Waals surface area contributed by atoms with Crippen molar-refractivity contribution in [2.75, 3.05) is 43.6 Å². The summed E-state index contributed by atoms with van der Waals surface area (Å²) < 4.78 is 10.8. The molecule has 0 aliphatic carbocycles. The third-order valence-electron chi connectivity index (χ3n) is 6.41. The minimum absolute atomic E-state index is 0.0338. The molecular weight excluding hydrogens is 422 g/mol. The van der Waals surface area contributed by atoms with Crippen molar-refractivity contribution >= 4 is 29.1 Å². The predicted octanol–water partition coefficient (Wildman–Crippen LogP) is 2.63. The zero-order chi connectivity index (χ0) is 23.3. The van der Waals surface area contributed by atoms with E-state index in [4.69, 9.17) is 9.47 Å². The highest BCUT2D eigenvalue weighted by molar-refractivity contribution is 6.10. The number of hydrogen-bond acceptors (Lipinski definition) is 5. The maximum atomic E-state index is 12.8. The van der Waals surface area contributed by atoms with Crippen molar-refractivity contribution in [3.63, 3.8) is 0 Å². The highest BCUT2D eigenvalue weighted by Gasteiger charge is 2.35. The molecule has 1 fully saturated rings. The normalized spacial score (nSPS) is 17.0. The average Bonchev–Trinajstić information content (AvgIpc) is 2.86. The number of methoxy groups -OCH3 is 1. The summed E-state index contributed by atoms with van der Waals surface area (Å²) in [5, 5.41) is 5.79. The van der Waals surface area contributed by atoms with E-state index in [2.05, 4.69) is 10.6 Å². The second kappa shape index (κ2) is 10.0. The van der Waals surface area contributed by atoms with Crippen LogP contribution < -0.4 is 20.3 Å². The van der Waals surface area contributed by atoms with E-state index in [-0.39, 0.29) is 42.5 Å². The van der Waals surface area contributed by atoms with Gasteiger partial charge in [0.05, 0.1) is 18.5 Å². The molecule has 0 radical (unpaired) electrons. The summed E-state index contributed by atoms with van der Waals surface area (Å²) in [6, 6.07) is 15.1. The maximum Gasteiger partial charge on any atom is 0.244 e. The van der Waals surface area contributed by atoms with Crippen LogP contribution in [0.15, 0.2) is 48.5 Å². The molecule has 2 aromatic carbocycles. The Kier molecular flexibility index (Phi) is 6.93. The molecule has 3 amide bonds. The number of fused-ring (bicyclic) bond motifs is 1. The SMILES string of the molecule is COc1ccc(C2(CNC(=O)CCC(=O)N3CC(=O)Nc4ccccc43)CCOCC2)cc1. The number of hydrogen-bond donors (Lipinski definition) is 2. The summed E-state index contributed by atoms with van der Waals surface area (Å²) in [5.41, 5.74) is 2.18. The van der Waals surface area contributed by atoms with E-state index in [1.165, 1.54) is 4.90 Å². The van der Waals surface area contributed by atoms with Gasteiger partial charge < -0.3 is 25.0 Å². The standard InChI is InChI=1S/C25H29N3O5/c1-32-19-8-6-18(7-9-19)25(12-14-33-15-13-25)17-26-22(29)10-11-24(31)28-16-23(30)27-20-4-2-3-5-21(20)28/h2-9H,10-17H2,1H3,(H,26,29)(H,27,30). The first kappa shape index (κ1) is 22.8. The Morgan fingerprint density at radius 3 is 2.55 bits per heavy atom. The summed E-state index contributed by atoms with van der Waals surface area (Å²) >= 11 is 0. The molecule has 174 valence electrons. The number of rotatable bonds is 7. The maximum absolute atomic E-state index is 12.8. The van der Waals surface area contributed by atoms with Crippen molar-refractivity contribution in [2.45, 2.75) is 31.1 Å². The van der Waals surface area contributed by atoms with Crippen LogP contribution in [0.2, 0.25) is 0 Å². The molecule has 2 N–H and O–H groups in total. The van der Waals surface area contributed by atoms with Crippen LogP contribution in [-0.4, -0.2) is 51.1 Å². The third kappa shape index (κ3) is 5.17. The van der Waals surface area contributed by atoms with Crippen LogP contribution in [0.5, 0.6) is 5.75 Å². The first-order chi connectivity index (χ1) is 16.0. The Labute approximate surface area is 193 Å². The Hall–Kier alpha value is -3.39. The van der Waals surface area contributed by atoms with E-state index in [0.29, 0.717) is 31.1 Å². The Balaban J connectivity index is 1.36. The number of nitrogens with one attached hydrogen (secondary N) is 2. The van der Waals surface area contributed by atoms with Gasteiger partial charge in [0.25, 0.3) is 0 Å². The van der Waals surface area contributed by atoms with E-state index in [0.717, 1.165) is 24.2 Å². The number of carbonyl (C=O) groups excluding carboxylic acids is 3. The molecule has 0 spiro atoms. The molecule has 2 aliphatic rings. The average molecular weight is 452 g/mol. The number of carbonyl (C=O) groups is 3. The lowest BCUT2D eigenvalue weighted by Crippen LogP contribution is -2.45. The fraction of sp³-hybridized carbons (Fsp3) is 0.400. The molecule has 8 heteroatoms. The largest absolute Gasteiger partial charge is 0.497 e. The lowest BCUT2D eigenvalue weighted by atomic mass is 9.74. The summed E-state index contributed by atoms with van der Waals surface area (Å²) in [5.74, 6) is 0.116. The van der Waals surface area contributed by atoms with Crippen LogP contribution in [0, 0.1) is 0 Å². The number of ether oxygens (including phenoxy) is 2. The first-order valence-electron chi connectivity index (χ1n) is 11.2. The zero-order valence-electron chi connectivity index (χ0n) is 18.8. The van der Waals surface area contributed by atoms with Crippen molar-refractivity contribution in [1.29, 1.82) is 0 Å². The van der Waals surface area contributed by atoms with Crippen LogP contribution in [0.4, 0.5) is 11.4 Å². The van der Waals surface area contributed by atoms with Gasteiger partial charge in [0.2, 0.25) is 17.7 Å². The Morgan fingerprint density at radius 1 is 1.09 bits per heavy atom. The molecule has 8 nitrogen and oxygen atoms in total. The summed E-state index contributed by atoms with van der Waals surface area (Å²) in [7, 11) is 1.63. The van der Waals surface area contributed by atoms with Crippen LogP contribution >= 0.6 is 0 Å². The molecule has 0 bridgehead atoms. The molecule has 2 aromatic rings. The van der Waals surface area contributed by atoms with Crippen molar-refractivity contribution < 1.29 is 23.9 Å². The molecule has 0 saturated carbocycles. The highest BCUT2D eigenvalue weighted by Crippen LogP contribution is 2.35. The number of anilines is 2. The van der Waals surface area contributed by atoms with E-state index in [1.54, 1.807) is 25.3 Å². The minimum atomic E-state index is -0.247. The molecule has 0 unspecified atom stereocenters. The molecule has 0 aromatic heterocycles. The second-order valence-corrected chi connectivity index (χ2v) is 8.44. The molecule has 33 heavy (non-hydrogen) atoms. The van der Waals surface area contributed by atoms with Gasteiger partial charge in [-0.2, -0.15) is 0 Å². The fourth-order valence-electron chi connectivity index (χ4n) is 4.44. The van der Waals surface area contributed by atoms with Crippen molar-refractivity contribution in [3.05, 3.63) is 54.1 Å². The minimum Gasteiger partial charge on any atom is -0.497 e. The van der Waals surface area contributed by atoms with Gasteiger partial charge in [-0.05, 0) is 42.7 Å². The second-order valence-electron chi connectivity index (χ2n) is 8.44. The Bertz CT molecular complexity index is 1010. The number of amides is 3. The highest BCUT2D eigenvalue weighted by atomic mass is 16.5. The molecule has 1 saturated heterocycles. The van der Waals surface area contributed by atoms with Gasteiger partial charge in [-0.25, -0.2) is 0 Å². The van der Waals surface area contributed by atoms with Crippen LogP contribution in [0.3, 0.4) is 0 Å². The van der Waals surface area contributed by atoms with Crippen LogP contribution in [0.25, 0.3) is 0 Å². The molecular formula is C25H29N3O5. The topological polar surface area (TPSA) is 97.0 Å². The lowest BCUT2D eigenvalue weighted by molar-refractivity contribution is -0.126. The monoisotopic (exact) mass is 451 g/mol. The molecule has 0 atom stereocenters. The van der Waals surface area contributed by atoms with E-state index >= 15 is 0 Å². The van der Waals surface area contributed by atoms with Crippen molar-refractivity contribution in [2.24, 2.45) is 0 Å². The first-order valence-corrected chi connectivity index (χ1v) is 11.2. The lowest BCUT2D eigenvalue weighted by Gasteiger charge is -2.38.